The highest BCUT2D eigenvalue weighted by molar-refractivity contribution is 5.90. The van der Waals surface area contributed by atoms with E-state index in [9.17, 15) is 19.2 Å². The lowest BCUT2D eigenvalue weighted by atomic mass is 10.4. The molecule has 0 aromatic carbocycles. The van der Waals surface area contributed by atoms with Crippen molar-refractivity contribution in [2.45, 2.75) is 0 Å². The Morgan fingerprint density at radius 2 is 1.37 bits per heavy atom. The van der Waals surface area contributed by atoms with Crippen LogP contribution in [0.1, 0.15) is 0 Å². The lowest BCUT2D eigenvalue weighted by molar-refractivity contribution is -0.128. The number of amides is 3. The number of rotatable bonds is 9. The van der Waals surface area contributed by atoms with E-state index in [4.69, 9.17) is 5.73 Å². The molecule has 0 atom stereocenters. The van der Waals surface area contributed by atoms with Gasteiger partial charge in [-0.15, -0.1) is 0 Å². The van der Waals surface area contributed by atoms with Crippen molar-refractivity contribution in [1.29, 1.82) is 0 Å². The average molecular weight is 274 g/mol. The Balaban J connectivity index is 3.69. The maximum atomic E-state index is 11.2. The summed E-state index contributed by atoms with van der Waals surface area (Å²) in [5, 5.41) is 6.82. The van der Waals surface area contributed by atoms with E-state index in [0.29, 0.717) is 0 Å². The Labute approximate surface area is 110 Å². The number of ether oxygens (including phenoxy) is 1. The molecular weight excluding hydrogens is 256 g/mol. The van der Waals surface area contributed by atoms with Gasteiger partial charge in [0.1, 0.15) is 6.61 Å². The van der Waals surface area contributed by atoms with Gasteiger partial charge in [-0.25, -0.2) is 0 Å². The van der Waals surface area contributed by atoms with Crippen molar-refractivity contribution in [2.75, 3.05) is 39.9 Å². The van der Waals surface area contributed by atoms with Gasteiger partial charge in [0.05, 0.1) is 26.2 Å². The summed E-state index contributed by atoms with van der Waals surface area (Å²) in [7, 11) is 1.37. The predicted molar refractivity (Wildman–Crippen MR) is 65.0 cm³/mol. The molecule has 5 N–H and O–H groups in total. The monoisotopic (exact) mass is 274 g/mol. The van der Waals surface area contributed by atoms with Crippen LogP contribution in [-0.4, -0.2) is 63.4 Å². The Kier molecular flexibility index (Phi) is 8.92. The zero-order valence-electron chi connectivity index (χ0n) is 10.7. The number of ketones is 1. The molecule has 9 nitrogen and oxygen atoms in total. The molecule has 0 aromatic rings. The molecule has 0 bridgehead atoms. The normalized spacial score (nSPS) is 9.58. The smallest absolute Gasteiger partial charge is 0.239 e. The lowest BCUT2D eigenvalue weighted by Crippen LogP contribution is -2.44. The summed E-state index contributed by atoms with van der Waals surface area (Å²) in [6, 6.07) is 0. The molecule has 3 amide bonds. The van der Waals surface area contributed by atoms with Gasteiger partial charge in [-0.1, -0.05) is 0 Å². The Morgan fingerprint density at radius 3 is 1.84 bits per heavy atom. The first-order valence-electron chi connectivity index (χ1n) is 5.50. The quantitative estimate of drug-likeness (QED) is 0.344. The minimum absolute atomic E-state index is 0.0856. The van der Waals surface area contributed by atoms with Crippen molar-refractivity contribution in [3.8, 4) is 0 Å². The number of methoxy groups -OCH3 is 1. The van der Waals surface area contributed by atoms with Crippen LogP contribution in [0.5, 0.6) is 0 Å². The number of nitrogens with two attached hydrogens (primary N) is 1. The predicted octanol–water partition coefficient (Wildman–Crippen LogP) is -3.49. The van der Waals surface area contributed by atoms with Crippen molar-refractivity contribution in [1.82, 2.24) is 16.0 Å². The van der Waals surface area contributed by atoms with Gasteiger partial charge < -0.3 is 26.4 Å². The van der Waals surface area contributed by atoms with Crippen molar-refractivity contribution in [2.24, 2.45) is 5.73 Å². The van der Waals surface area contributed by atoms with Crippen LogP contribution in [0.25, 0.3) is 0 Å². The van der Waals surface area contributed by atoms with Crippen LogP contribution in [0.2, 0.25) is 0 Å². The van der Waals surface area contributed by atoms with E-state index >= 15 is 0 Å². The summed E-state index contributed by atoms with van der Waals surface area (Å²) in [5.74, 6) is -1.79. The SMILES string of the molecule is COCC(=O)CNC(=O)CNC(=O)CNC(=O)CN. The third-order valence-corrected chi connectivity index (χ3v) is 1.87. The molecule has 0 aromatic heterocycles. The molecule has 0 aliphatic carbocycles. The molecule has 0 spiro atoms. The third-order valence-electron chi connectivity index (χ3n) is 1.87. The Hall–Kier alpha value is -2.00. The molecule has 0 rings (SSSR count). The van der Waals surface area contributed by atoms with Gasteiger partial charge >= 0.3 is 0 Å². The molecule has 0 unspecified atom stereocenters. The molecule has 0 radical (unpaired) electrons. The first-order valence-corrected chi connectivity index (χ1v) is 5.50. The number of hydrogen-bond acceptors (Lipinski definition) is 6. The van der Waals surface area contributed by atoms with Crippen LogP contribution in [0, 0.1) is 0 Å². The fraction of sp³-hybridized carbons (Fsp3) is 0.600. The topological polar surface area (TPSA) is 140 Å². The molecule has 0 fully saturated rings. The number of nitrogens with one attached hydrogen (secondary N) is 3. The fourth-order valence-electron chi connectivity index (χ4n) is 0.964. The molecule has 0 aliphatic rings. The molecule has 0 saturated heterocycles. The minimum Gasteiger partial charge on any atom is -0.377 e. The second-order valence-corrected chi connectivity index (χ2v) is 3.51. The van der Waals surface area contributed by atoms with Crippen LogP contribution in [0.4, 0.5) is 0 Å². The molecular formula is C10H18N4O5. The van der Waals surface area contributed by atoms with Crippen LogP contribution in [-0.2, 0) is 23.9 Å². The Bertz CT molecular complexity index is 345. The molecule has 0 saturated carbocycles. The first kappa shape index (κ1) is 17.0. The minimum atomic E-state index is -0.528. The highest BCUT2D eigenvalue weighted by atomic mass is 16.5. The van der Waals surface area contributed by atoms with Gasteiger partial charge in [0.25, 0.3) is 0 Å². The van der Waals surface area contributed by atoms with Gasteiger partial charge in [0.15, 0.2) is 5.78 Å². The molecule has 0 heterocycles. The second kappa shape index (κ2) is 9.97. The largest absolute Gasteiger partial charge is 0.377 e. The number of hydrogen-bond donors (Lipinski definition) is 4. The Morgan fingerprint density at radius 1 is 0.895 bits per heavy atom. The second-order valence-electron chi connectivity index (χ2n) is 3.51. The van der Waals surface area contributed by atoms with E-state index in [1.165, 1.54) is 7.11 Å². The standard InChI is InChI=1S/C10H18N4O5/c1-19-6-7(15)3-12-9(17)5-14-10(18)4-13-8(16)2-11/h2-6,11H2,1H3,(H,12,17)(H,13,16)(H,14,18). The molecule has 19 heavy (non-hydrogen) atoms. The summed E-state index contributed by atoms with van der Waals surface area (Å²) in [6.07, 6.45) is 0. The highest BCUT2D eigenvalue weighted by Crippen LogP contribution is 1.73. The van der Waals surface area contributed by atoms with Crippen molar-refractivity contribution < 1.29 is 23.9 Å². The summed E-state index contributed by atoms with van der Waals surface area (Å²) >= 11 is 0. The van der Waals surface area contributed by atoms with Crippen molar-refractivity contribution >= 4 is 23.5 Å². The molecule has 9 heteroatoms. The van der Waals surface area contributed by atoms with Crippen LogP contribution in [0.15, 0.2) is 0 Å². The van der Waals surface area contributed by atoms with E-state index in [-0.39, 0.29) is 38.6 Å². The van der Waals surface area contributed by atoms with E-state index in [1.807, 2.05) is 0 Å². The van der Waals surface area contributed by atoms with Crippen LogP contribution in [0.3, 0.4) is 0 Å². The van der Waals surface area contributed by atoms with Crippen LogP contribution < -0.4 is 21.7 Å². The average Bonchev–Trinajstić information content (AvgIpc) is 2.40. The number of carbonyl (C=O) groups is 4. The third kappa shape index (κ3) is 9.68. The van der Waals surface area contributed by atoms with Crippen molar-refractivity contribution in [3.63, 3.8) is 0 Å². The zero-order valence-corrected chi connectivity index (χ0v) is 10.7. The van der Waals surface area contributed by atoms with Gasteiger partial charge in [-0.2, -0.15) is 0 Å². The fourth-order valence-corrected chi connectivity index (χ4v) is 0.964. The maximum Gasteiger partial charge on any atom is 0.239 e. The van der Waals surface area contributed by atoms with E-state index in [0.717, 1.165) is 0 Å². The number of Topliss-reactive ketones (excluding diaryl/α,β-unsaturated/α-hetero) is 1. The van der Waals surface area contributed by atoms with E-state index in [2.05, 4.69) is 20.7 Å². The molecule has 0 aliphatic heterocycles. The summed E-state index contributed by atoms with van der Waals surface area (Å²) in [4.78, 5) is 44.2. The first-order chi connectivity index (χ1) is 8.99. The number of carbonyl (C=O) groups excluding carboxylic acids is 4. The summed E-state index contributed by atoms with van der Waals surface area (Å²) < 4.78 is 4.58. The zero-order chi connectivity index (χ0) is 14.7. The summed E-state index contributed by atoms with van der Waals surface area (Å²) in [6.45, 7) is -0.997. The maximum absolute atomic E-state index is 11.2. The van der Waals surface area contributed by atoms with E-state index < -0.39 is 17.7 Å². The van der Waals surface area contributed by atoms with Gasteiger partial charge in [-0.3, -0.25) is 19.2 Å². The van der Waals surface area contributed by atoms with Crippen molar-refractivity contribution in [3.05, 3.63) is 0 Å². The van der Waals surface area contributed by atoms with Gasteiger partial charge in [-0.05, 0) is 0 Å². The molecule has 108 valence electrons. The van der Waals surface area contributed by atoms with E-state index in [1.54, 1.807) is 0 Å². The van der Waals surface area contributed by atoms with Crippen LogP contribution >= 0.6 is 0 Å². The highest BCUT2D eigenvalue weighted by Gasteiger charge is 2.08. The summed E-state index contributed by atoms with van der Waals surface area (Å²) in [5.41, 5.74) is 5.02. The van der Waals surface area contributed by atoms with Gasteiger partial charge in [0.2, 0.25) is 17.7 Å². The van der Waals surface area contributed by atoms with Gasteiger partial charge in [0, 0.05) is 7.11 Å². The lowest BCUT2D eigenvalue weighted by Gasteiger charge is -2.07.